The van der Waals surface area contributed by atoms with E-state index in [4.69, 9.17) is 9.15 Å². The van der Waals surface area contributed by atoms with E-state index in [-0.39, 0.29) is 5.91 Å². The average molecular weight is 408 g/mol. The third kappa shape index (κ3) is 4.13. The molecule has 30 heavy (non-hydrogen) atoms. The number of amides is 1. The van der Waals surface area contributed by atoms with Crippen molar-refractivity contribution in [3.05, 3.63) is 64.6 Å². The number of benzene rings is 2. The monoisotopic (exact) mass is 408 g/mol. The standard InChI is InChI=1S/C24H28N2O4/c1-17(26-21-5-3-4-6-22(21)30-24(26)28)23(27)25-15-13-19(14-16-25)8-7-18-9-11-20(29-2)12-10-18/h3-6,9-12,17,19H,7-8,13-16H2,1-2H3. The molecule has 6 heteroatoms. The summed E-state index contributed by atoms with van der Waals surface area (Å²) in [5.74, 6) is 0.997. The molecule has 1 unspecified atom stereocenters. The van der Waals surface area contributed by atoms with E-state index in [0.29, 0.717) is 17.0 Å². The molecule has 3 aromatic rings. The Balaban J connectivity index is 1.33. The summed E-state index contributed by atoms with van der Waals surface area (Å²) >= 11 is 0. The molecule has 1 atom stereocenters. The van der Waals surface area contributed by atoms with Crippen molar-refractivity contribution in [1.82, 2.24) is 9.47 Å². The number of hydrogen-bond acceptors (Lipinski definition) is 4. The quantitative estimate of drug-likeness (QED) is 0.618. The number of methoxy groups -OCH3 is 1. The molecule has 0 bridgehead atoms. The zero-order valence-corrected chi connectivity index (χ0v) is 17.5. The van der Waals surface area contributed by atoms with Crippen LogP contribution in [0.1, 0.15) is 37.8 Å². The van der Waals surface area contributed by atoms with Crippen LogP contribution in [0.2, 0.25) is 0 Å². The maximum absolute atomic E-state index is 13.1. The Morgan fingerprint density at radius 3 is 2.53 bits per heavy atom. The molecule has 0 saturated carbocycles. The SMILES string of the molecule is COc1ccc(CCC2CCN(C(=O)C(C)n3c(=O)oc4ccccc43)CC2)cc1. The fourth-order valence-electron chi connectivity index (χ4n) is 4.33. The molecule has 2 aromatic carbocycles. The number of hydrogen-bond donors (Lipinski definition) is 0. The first kappa shape index (κ1) is 20.3. The minimum absolute atomic E-state index is 0.0164. The molecule has 1 saturated heterocycles. The highest BCUT2D eigenvalue weighted by atomic mass is 16.5. The Hall–Kier alpha value is -3.02. The number of piperidine rings is 1. The summed E-state index contributed by atoms with van der Waals surface area (Å²) in [7, 11) is 1.68. The van der Waals surface area contributed by atoms with Crippen molar-refractivity contribution < 1.29 is 13.9 Å². The fraction of sp³-hybridized carbons (Fsp3) is 0.417. The molecule has 0 spiro atoms. The van der Waals surface area contributed by atoms with Crippen LogP contribution in [-0.4, -0.2) is 35.6 Å². The Labute approximate surface area is 176 Å². The van der Waals surface area contributed by atoms with E-state index in [1.54, 1.807) is 20.1 Å². The van der Waals surface area contributed by atoms with Crippen LogP contribution in [0, 0.1) is 5.92 Å². The zero-order valence-electron chi connectivity index (χ0n) is 17.5. The summed E-state index contributed by atoms with van der Waals surface area (Å²) in [5, 5.41) is 0. The first-order chi connectivity index (χ1) is 14.6. The highest BCUT2D eigenvalue weighted by Gasteiger charge is 2.29. The Bertz CT molecular complexity index is 1060. The molecular formula is C24H28N2O4. The largest absolute Gasteiger partial charge is 0.497 e. The minimum atomic E-state index is -0.572. The lowest BCUT2D eigenvalue weighted by Crippen LogP contribution is -2.43. The van der Waals surface area contributed by atoms with Gasteiger partial charge in [-0.1, -0.05) is 24.3 Å². The third-order valence-corrected chi connectivity index (χ3v) is 6.19. The topological polar surface area (TPSA) is 64.7 Å². The van der Waals surface area contributed by atoms with Crippen LogP contribution in [-0.2, 0) is 11.2 Å². The number of carbonyl (C=O) groups is 1. The first-order valence-electron chi connectivity index (χ1n) is 10.6. The molecule has 1 amide bonds. The highest BCUT2D eigenvalue weighted by molar-refractivity contribution is 5.83. The van der Waals surface area contributed by atoms with Crippen molar-refractivity contribution in [3.63, 3.8) is 0 Å². The summed E-state index contributed by atoms with van der Waals surface area (Å²) in [5.41, 5.74) is 2.49. The van der Waals surface area contributed by atoms with E-state index in [1.165, 1.54) is 10.1 Å². The highest BCUT2D eigenvalue weighted by Crippen LogP contribution is 2.25. The number of carbonyl (C=O) groups excluding carboxylic acids is 1. The molecule has 1 aromatic heterocycles. The summed E-state index contributed by atoms with van der Waals surface area (Å²) in [4.78, 5) is 27.2. The van der Waals surface area contributed by atoms with Crippen molar-refractivity contribution in [2.24, 2.45) is 5.92 Å². The summed E-state index contributed by atoms with van der Waals surface area (Å²) < 4.78 is 12.0. The molecule has 0 N–H and O–H groups in total. The Morgan fingerprint density at radius 1 is 1.13 bits per heavy atom. The summed E-state index contributed by atoms with van der Waals surface area (Å²) in [6.07, 6.45) is 4.15. The maximum Gasteiger partial charge on any atom is 0.420 e. The number of nitrogens with zero attached hydrogens (tertiary/aromatic N) is 2. The average Bonchev–Trinajstić information content (AvgIpc) is 3.13. The van der Waals surface area contributed by atoms with E-state index < -0.39 is 11.8 Å². The van der Waals surface area contributed by atoms with E-state index in [0.717, 1.165) is 44.5 Å². The molecule has 1 fully saturated rings. The van der Waals surface area contributed by atoms with Crippen LogP contribution in [0.4, 0.5) is 0 Å². The first-order valence-corrected chi connectivity index (χ1v) is 10.6. The molecule has 158 valence electrons. The van der Waals surface area contributed by atoms with Gasteiger partial charge in [-0.3, -0.25) is 9.36 Å². The summed E-state index contributed by atoms with van der Waals surface area (Å²) in [6, 6.07) is 14.9. The number of para-hydroxylation sites is 2. The molecule has 2 heterocycles. The van der Waals surface area contributed by atoms with Crippen molar-refractivity contribution in [2.75, 3.05) is 20.2 Å². The predicted octanol–water partition coefficient (Wildman–Crippen LogP) is 4.04. The predicted molar refractivity (Wildman–Crippen MR) is 116 cm³/mol. The second-order valence-corrected chi connectivity index (χ2v) is 8.04. The van der Waals surface area contributed by atoms with Crippen molar-refractivity contribution in [2.45, 2.75) is 38.6 Å². The van der Waals surface area contributed by atoms with E-state index in [1.807, 2.05) is 35.2 Å². The van der Waals surface area contributed by atoms with Crippen LogP contribution >= 0.6 is 0 Å². The lowest BCUT2D eigenvalue weighted by atomic mass is 9.90. The van der Waals surface area contributed by atoms with E-state index >= 15 is 0 Å². The normalized spacial score (nSPS) is 16.0. The Morgan fingerprint density at radius 2 is 1.83 bits per heavy atom. The molecule has 1 aliphatic heterocycles. The molecule has 4 rings (SSSR count). The number of aromatic nitrogens is 1. The van der Waals surface area contributed by atoms with Gasteiger partial charge in [0.15, 0.2) is 5.58 Å². The van der Waals surface area contributed by atoms with Crippen LogP contribution in [0.3, 0.4) is 0 Å². The maximum atomic E-state index is 13.1. The van der Waals surface area contributed by atoms with Crippen LogP contribution in [0.25, 0.3) is 11.1 Å². The molecule has 0 aliphatic carbocycles. The number of aryl methyl sites for hydroxylation is 1. The van der Waals surface area contributed by atoms with Gasteiger partial charge in [-0.25, -0.2) is 4.79 Å². The number of rotatable bonds is 6. The van der Waals surface area contributed by atoms with E-state index in [2.05, 4.69) is 12.1 Å². The van der Waals surface area contributed by atoms with E-state index in [9.17, 15) is 9.59 Å². The van der Waals surface area contributed by atoms with Gasteiger partial charge in [0.25, 0.3) is 0 Å². The van der Waals surface area contributed by atoms with Crippen LogP contribution in [0.15, 0.2) is 57.7 Å². The molecule has 1 aliphatic rings. The lowest BCUT2D eigenvalue weighted by molar-refractivity contribution is -0.135. The van der Waals surface area contributed by atoms with Gasteiger partial charge in [-0.15, -0.1) is 0 Å². The van der Waals surface area contributed by atoms with Gasteiger partial charge in [-0.05, 0) is 68.4 Å². The minimum Gasteiger partial charge on any atom is -0.497 e. The van der Waals surface area contributed by atoms with Crippen molar-refractivity contribution in [1.29, 1.82) is 0 Å². The smallest absolute Gasteiger partial charge is 0.420 e. The van der Waals surface area contributed by atoms with Gasteiger partial charge in [0.2, 0.25) is 5.91 Å². The van der Waals surface area contributed by atoms with Crippen molar-refractivity contribution >= 4 is 17.0 Å². The van der Waals surface area contributed by atoms with Crippen molar-refractivity contribution in [3.8, 4) is 5.75 Å². The van der Waals surface area contributed by atoms with Gasteiger partial charge in [0, 0.05) is 13.1 Å². The second kappa shape index (κ2) is 8.78. The van der Waals surface area contributed by atoms with Gasteiger partial charge in [-0.2, -0.15) is 0 Å². The summed E-state index contributed by atoms with van der Waals surface area (Å²) in [6.45, 7) is 3.25. The van der Waals surface area contributed by atoms with Gasteiger partial charge in [0.05, 0.1) is 12.6 Å². The van der Waals surface area contributed by atoms with Gasteiger partial charge in [0.1, 0.15) is 11.8 Å². The molecule has 6 nitrogen and oxygen atoms in total. The fourth-order valence-corrected chi connectivity index (χ4v) is 4.33. The van der Waals surface area contributed by atoms with Crippen LogP contribution < -0.4 is 10.5 Å². The zero-order chi connectivity index (χ0) is 21.1. The van der Waals surface area contributed by atoms with Crippen LogP contribution in [0.5, 0.6) is 5.75 Å². The lowest BCUT2D eigenvalue weighted by Gasteiger charge is -2.33. The number of likely N-dealkylation sites (tertiary alicyclic amines) is 1. The van der Waals surface area contributed by atoms with Gasteiger partial charge >= 0.3 is 5.76 Å². The Kier molecular flexibility index (Phi) is 5.93. The third-order valence-electron chi connectivity index (χ3n) is 6.19. The second-order valence-electron chi connectivity index (χ2n) is 8.04. The number of oxazole rings is 1. The number of fused-ring (bicyclic) bond motifs is 1. The van der Waals surface area contributed by atoms with Gasteiger partial charge < -0.3 is 14.1 Å². The number of ether oxygens (including phenoxy) is 1. The molecule has 0 radical (unpaired) electrons. The molecular weight excluding hydrogens is 380 g/mol.